The van der Waals surface area contributed by atoms with Gasteiger partial charge in [0.05, 0.1) is 17.1 Å². The molecule has 1 heterocycles. The second-order valence-corrected chi connectivity index (χ2v) is 5.25. The highest BCUT2D eigenvalue weighted by Gasteiger charge is 2.43. The summed E-state index contributed by atoms with van der Waals surface area (Å²) in [6.07, 6.45) is 5.94. The summed E-state index contributed by atoms with van der Waals surface area (Å²) < 4.78 is 0. The Bertz CT molecular complexity index is 659. The van der Waals surface area contributed by atoms with Crippen LogP contribution in [0, 0.1) is 5.92 Å². The molecule has 0 saturated carbocycles. The number of aliphatic carboxylic acids is 3. The van der Waals surface area contributed by atoms with Crippen molar-refractivity contribution in [1.29, 1.82) is 0 Å². The molecule has 1 aliphatic carbocycles. The minimum absolute atomic E-state index is 0.125. The Morgan fingerprint density at radius 3 is 2.30 bits per heavy atom. The Morgan fingerprint density at radius 2 is 1.74 bits per heavy atom. The Hall–Kier alpha value is -2.90. The van der Waals surface area contributed by atoms with E-state index < -0.39 is 35.8 Å². The van der Waals surface area contributed by atoms with Gasteiger partial charge in [0.25, 0.3) is 5.91 Å². The maximum atomic E-state index is 12.6. The molecule has 0 aromatic rings. The summed E-state index contributed by atoms with van der Waals surface area (Å²) in [6.45, 7) is -0.261. The van der Waals surface area contributed by atoms with E-state index in [4.69, 9.17) is 5.11 Å². The maximum absolute atomic E-state index is 12.6. The molecule has 2 unspecified atom stereocenters. The second kappa shape index (κ2) is 6.47. The van der Waals surface area contributed by atoms with Crippen molar-refractivity contribution in [2.24, 2.45) is 5.92 Å². The van der Waals surface area contributed by atoms with Gasteiger partial charge in [-0.2, -0.15) is 0 Å². The van der Waals surface area contributed by atoms with Gasteiger partial charge in [0.15, 0.2) is 0 Å². The third kappa shape index (κ3) is 3.31. The predicted molar refractivity (Wildman–Crippen MR) is 76.4 cm³/mol. The average molecular weight is 321 g/mol. The van der Waals surface area contributed by atoms with Crippen LogP contribution in [0.4, 0.5) is 0 Å². The number of carboxylic acids is 3. The van der Waals surface area contributed by atoms with E-state index in [2.05, 4.69) is 0 Å². The summed E-state index contributed by atoms with van der Waals surface area (Å²) >= 11 is 0. The quantitative estimate of drug-likeness (QED) is 0.677. The summed E-state index contributed by atoms with van der Waals surface area (Å²) in [5.41, 5.74) is -0.369. The number of hydrogen-bond acceptors (Lipinski definition) is 4. The minimum atomic E-state index is -1.31. The second-order valence-electron chi connectivity index (χ2n) is 5.25. The van der Waals surface area contributed by atoms with Gasteiger partial charge in [-0.25, -0.2) is 9.59 Å². The van der Waals surface area contributed by atoms with Crippen LogP contribution in [0.5, 0.6) is 0 Å². The van der Waals surface area contributed by atoms with E-state index in [1.165, 1.54) is 18.2 Å². The van der Waals surface area contributed by atoms with Gasteiger partial charge in [-0.3, -0.25) is 9.59 Å². The molecule has 0 radical (unpaired) electrons. The fourth-order valence-corrected chi connectivity index (χ4v) is 2.65. The lowest BCUT2D eigenvalue weighted by Gasteiger charge is -2.23. The Morgan fingerprint density at radius 1 is 1.04 bits per heavy atom. The molecule has 2 atom stereocenters. The number of likely N-dealkylation sites (tertiary alicyclic amines) is 1. The Labute approximate surface area is 131 Å². The normalized spacial score (nSPS) is 23.7. The van der Waals surface area contributed by atoms with Crippen molar-refractivity contribution in [1.82, 2.24) is 4.90 Å². The summed E-state index contributed by atoms with van der Waals surface area (Å²) in [4.78, 5) is 47.2. The molecule has 0 spiro atoms. The van der Waals surface area contributed by atoms with Gasteiger partial charge in [-0.15, -0.1) is 0 Å². The first-order valence-corrected chi connectivity index (χ1v) is 6.90. The van der Waals surface area contributed by atoms with Crippen molar-refractivity contribution in [2.75, 3.05) is 6.54 Å². The molecule has 2 aliphatic rings. The molecule has 1 amide bonds. The number of amides is 1. The van der Waals surface area contributed by atoms with E-state index in [1.54, 1.807) is 6.08 Å². The van der Waals surface area contributed by atoms with Crippen molar-refractivity contribution >= 4 is 23.8 Å². The molecule has 0 aromatic heterocycles. The van der Waals surface area contributed by atoms with Crippen LogP contribution in [-0.2, 0) is 19.2 Å². The van der Waals surface area contributed by atoms with E-state index in [1.807, 2.05) is 0 Å². The molecular weight excluding hydrogens is 306 g/mol. The van der Waals surface area contributed by atoms with E-state index in [0.29, 0.717) is 6.42 Å². The number of carbonyl (C=O) groups excluding carboxylic acids is 1. The number of nitrogens with zero attached hydrogens (tertiary/aromatic N) is 1. The molecule has 0 aromatic carbocycles. The van der Waals surface area contributed by atoms with Crippen molar-refractivity contribution < 1.29 is 34.5 Å². The van der Waals surface area contributed by atoms with Crippen LogP contribution >= 0.6 is 0 Å². The minimum Gasteiger partial charge on any atom is -0.481 e. The van der Waals surface area contributed by atoms with Gasteiger partial charge in [-0.05, 0) is 18.9 Å². The first-order valence-electron chi connectivity index (χ1n) is 6.90. The summed E-state index contributed by atoms with van der Waals surface area (Å²) in [5, 5.41) is 27.5. The molecule has 2 rings (SSSR count). The fraction of sp³-hybridized carbons (Fsp3) is 0.333. The van der Waals surface area contributed by atoms with Crippen LogP contribution in [0.1, 0.15) is 12.8 Å². The van der Waals surface area contributed by atoms with Crippen molar-refractivity contribution in [2.45, 2.75) is 18.9 Å². The molecule has 3 N–H and O–H groups in total. The highest BCUT2D eigenvalue weighted by Crippen LogP contribution is 2.28. The van der Waals surface area contributed by atoms with E-state index in [0.717, 1.165) is 4.90 Å². The van der Waals surface area contributed by atoms with Crippen LogP contribution in [0.2, 0.25) is 0 Å². The Balaban J connectivity index is 2.34. The highest BCUT2D eigenvalue weighted by atomic mass is 16.4. The molecular formula is C15H15NO7. The fourth-order valence-electron chi connectivity index (χ4n) is 2.65. The predicted octanol–water partition coefficient (Wildman–Crippen LogP) is 0.270. The maximum Gasteiger partial charge on any atom is 0.336 e. The molecule has 1 aliphatic heterocycles. The summed E-state index contributed by atoms with van der Waals surface area (Å²) in [5.74, 6) is -5.57. The summed E-state index contributed by atoms with van der Waals surface area (Å²) in [6, 6.07) is -1.28. The zero-order valence-corrected chi connectivity index (χ0v) is 12.0. The van der Waals surface area contributed by atoms with Gasteiger partial charge < -0.3 is 20.2 Å². The number of allylic oxidation sites excluding steroid dienone is 4. The number of carboxylic acid groups (broad SMARTS) is 3. The number of carbonyl (C=O) groups is 4. The average Bonchev–Trinajstić information content (AvgIpc) is 2.78. The third-order valence-electron chi connectivity index (χ3n) is 3.80. The first-order chi connectivity index (χ1) is 10.8. The van der Waals surface area contributed by atoms with Gasteiger partial charge in [0.1, 0.15) is 6.04 Å². The van der Waals surface area contributed by atoms with E-state index >= 15 is 0 Å². The zero-order valence-electron chi connectivity index (χ0n) is 12.0. The van der Waals surface area contributed by atoms with Crippen molar-refractivity contribution in [3.05, 3.63) is 35.5 Å². The Kier molecular flexibility index (Phi) is 4.63. The lowest BCUT2D eigenvalue weighted by molar-refractivity contribution is -0.146. The zero-order chi connectivity index (χ0) is 17.1. The molecule has 122 valence electrons. The van der Waals surface area contributed by atoms with Gasteiger partial charge >= 0.3 is 17.9 Å². The lowest BCUT2D eigenvalue weighted by Crippen LogP contribution is -2.42. The van der Waals surface area contributed by atoms with Crippen LogP contribution in [0.15, 0.2) is 35.5 Å². The monoisotopic (exact) mass is 321 g/mol. The van der Waals surface area contributed by atoms with Crippen molar-refractivity contribution in [3.8, 4) is 0 Å². The van der Waals surface area contributed by atoms with Gasteiger partial charge in [0.2, 0.25) is 0 Å². The molecule has 8 heteroatoms. The number of hydrogen-bond donors (Lipinski definition) is 3. The largest absolute Gasteiger partial charge is 0.481 e. The van der Waals surface area contributed by atoms with Crippen molar-refractivity contribution in [3.63, 3.8) is 0 Å². The van der Waals surface area contributed by atoms with E-state index in [-0.39, 0.29) is 24.1 Å². The topological polar surface area (TPSA) is 132 Å². The molecule has 1 saturated heterocycles. The van der Waals surface area contributed by atoms with Crippen LogP contribution in [0.25, 0.3) is 0 Å². The van der Waals surface area contributed by atoms with E-state index in [9.17, 15) is 29.4 Å². The molecule has 0 bridgehead atoms. The molecule has 1 fully saturated rings. The molecule has 8 nitrogen and oxygen atoms in total. The lowest BCUT2D eigenvalue weighted by atomic mass is 10.0. The molecule has 23 heavy (non-hydrogen) atoms. The first kappa shape index (κ1) is 16.5. The number of rotatable bonds is 4. The third-order valence-corrected chi connectivity index (χ3v) is 3.80. The van der Waals surface area contributed by atoms with Gasteiger partial charge in [-0.1, -0.05) is 18.2 Å². The highest BCUT2D eigenvalue weighted by molar-refractivity contribution is 6.09. The van der Waals surface area contributed by atoms with Crippen LogP contribution in [-0.4, -0.2) is 56.6 Å². The smallest absolute Gasteiger partial charge is 0.336 e. The standard InChI is InChI=1S/C15H15NO7/c17-12(9-4-2-1-3-5-10(9)14(20)21)16-7-8(13(18)19)6-11(16)15(22)23/h1,3-5,8,11H,2,6-7H2,(H,18,19)(H,20,21)(H,22,23). The van der Waals surface area contributed by atoms with Crippen LogP contribution in [0.3, 0.4) is 0 Å². The SMILES string of the molecule is O=C(O)C1=CC=CCC=C1C(=O)N1CC(C(=O)O)CC1C(=O)O. The van der Waals surface area contributed by atoms with Gasteiger partial charge in [0, 0.05) is 6.54 Å². The van der Waals surface area contributed by atoms with Crippen LogP contribution < -0.4 is 0 Å². The summed E-state index contributed by atoms with van der Waals surface area (Å²) in [7, 11) is 0.